The molecule has 3 heteroatoms. The van der Waals surface area contributed by atoms with Crippen LogP contribution in [0.2, 0.25) is 0 Å². The summed E-state index contributed by atoms with van der Waals surface area (Å²) < 4.78 is 5.07. The van der Waals surface area contributed by atoms with Crippen molar-refractivity contribution < 1.29 is 14.6 Å². The predicted octanol–water partition coefficient (Wildman–Crippen LogP) is 0.795. The van der Waals surface area contributed by atoms with Gasteiger partial charge < -0.3 is 9.84 Å². The Morgan fingerprint density at radius 1 is 1.92 bits per heavy atom. The fourth-order valence-corrected chi connectivity index (χ4v) is 1.07. The van der Waals surface area contributed by atoms with Gasteiger partial charge in [0, 0.05) is 6.42 Å². The highest BCUT2D eigenvalue weighted by molar-refractivity contribution is 5.94. The summed E-state index contributed by atoms with van der Waals surface area (Å²) in [6.45, 7) is 5.10. The lowest BCUT2D eigenvalue weighted by Crippen LogP contribution is -2.39. The Bertz CT molecular complexity index is 232. The van der Waals surface area contributed by atoms with Crippen molar-refractivity contribution in [2.75, 3.05) is 0 Å². The van der Waals surface area contributed by atoms with E-state index in [1.54, 1.807) is 13.0 Å². The van der Waals surface area contributed by atoms with E-state index >= 15 is 0 Å². The maximum absolute atomic E-state index is 10.9. The Labute approximate surface area is 71.3 Å². The number of ketones is 1. The average Bonchev–Trinajstić information content (AvgIpc) is 1.98. The fourth-order valence-electron chi connectivity index (χ4n) is 1.07. The van der Waals surface area contributed by atoms with Crippen molar-refractivity contribution in [1.29, 1.82) is 0 Å². The number of aliphatic hydroxyl groups is 1. The van der Waals surface area contributed by atoms with Crippen LogP contribution in [0.1, 0.15) is 13.3 Å². The first-order valence-corrected chi connectivity index (χ1v) is 3.81. The van der Waals surface area contributed by atoms with Crippen LogP contribution in [0.25, 0.3) is 0 Å². The third kappa shape index (κ3) is 1.81. The van der Waals surface area contributed by atoms with Gasteiger partial charge in [-0.3, -0.25) is 4.79 Å². The molecule has 0 bridgehead atoms. The van der Waals surface area contributed by atoms with Crippen molar-refractivity contribution in [1.82, 2.24) is 0 Å². The molecule has 1 rings (SSSR count). The maximum Gasteiger partial charge on any atom is 0.190 e. The fraction of sp³-hybridized carbons (Fsp3) is 0.444. The molecule has 0 aromatic rings. The molecule has 0 radical (unpaired) electrons. The van der Waals surface area contributed by atoms with Gasteiger partial charge in [-0.15, -0.1) is 6.58 Å². The first kappa shape index (κ1) is 9.16. The minimum Gasteiger partial charge on any atom is -0.362 e. The van der Waals surface area contributed by atoms with Gasteiger partial charge >= 0.3 is 0 Å². The largest absolute Gasteiger partial charge is 0.362 e. The van der Waals surface area contributed by atoms with Gasteiger partial charge in [-0.2, -0.15) is 0 Å². The van der Waals surface area contributed by atoms with Crippen molar-refractivity contribution in [3.8, 4) is 0 Å². The molecule has 1 unspecified atom stereocenters. The monoisotopic (exact) mass is 168 g/mol. The lowest BCUT2D eigenvalue weighted by Gasteiger charge is -2.29. The van der Waals surface area contributed by atoms with E-state index in [2.05, 4.69) is 6.58 Å². The first-order chi connectivity index (χ1) is 5.57. The number of hydrogen-bond acceptors (Lipinski definition) is 3. The number of rotatable bonds is 2. The van der Waals surface area contributed by atoms with Crippen molar-refractivity contribution in [3.63, 3.8) is 0 Å². The molecule has 1 N–H and O–H groups in total. The molecule has 0 saturated carbocycles. The van der Waals surface area contributed by atoms with Gasteiger partial charge in [-0.05, 0) is 19.1 Å². The smallest absolute Gasteiger partial charge is 0.190 e. The van der Waals surface area contributed by atoms with E-state index in [0.717, 1.165) is 0 Å². The van der Waals surface area contributed by atoms with E-state index in [4.69, 9.17) is 4.74 Å². The molecule has 0 spiro atoms. The van der Waals surface area contributed by atoms with Gasteiger partial charge in [0.1, 0.15) is 6.10 Å². The summed E-state index contributed by atoms with van der Waals surface area (Å²) in [7, 11) is 0. The SMILES string of the molecule is C=CCC1(O)C=CC(=O)[C@@H](C)O1. The highest BCUT2D eigenvalue weighted by Gasteiger charge is 2.31. The summed E-state index contributed by atoms with van der Waals surface area (Å²) in [6, 6.07) is 0. The predicted molar refractivity (Wildman–Crippen MR) is 44.5 cm³/mol. The Kier molecular flexibility index (Phi) is 2.45. The van der Waals surface area contributed by atoms with Crippen LogP contribution in [-0.4, -0.2) is 22.8 Å². The molecule has 0 fully saturated rings. The normalized spacial score (nSPS) is 35.2. The third-order valence-electron chi connectivity index (χ3n) is 1.73. The summed E-state index contributed by atoms with van der Waals surface area (Å²) in [5.41, 5.74) is 0. The third-order valence-corrected chi connectivity index (χ3v) is 1.73. The van der Waals surface area contributed by atoms with Crippen LogP contribution < -0.4 is 0 Å². The Hall–Kier alpha value is -0.930. The highest BCUT2D eigenvalue weighted by Crippen LogP contribution is 2.21. The van der Waals surface area contributed by atoms with E-state index in [0.29, 0.717) is 6.42 Å². The van der Waals surface area contributed by atoms with Crippen molar-refractivity contribution in [2.45, 2.75) is 25.2 Å². The van der Waals surface area contributed by atoms with Crippen LogP contribution in [0.5, 0.6) is 0 Å². The molecule has 0 amide bonds. The van der Waals surface area contributed by atoms with Gasteiger partial charge in [0.05, 0.1) is 0 Å². The topological polar surface area (TPSA) is 46.5 Å². The lowest BCUT2D eigenvalue weighted by molar-refractivity contribution is -0.196. The first-order valence-electron chi connectivity index (χ1n) is 3.81. The summed E-state index contributed by atoms with van der Waals surface area (Å²) in [6.07, 6.45) is 3.97. The molecule has 2 atom stereocenters. The Morgan fingerprint density at radius 2 is 2.58 bits per heavy atom. The number of carbonyl (C=O) groups excluding carboxylic acids is 1. The van der Waals surface area contributed by atoms with E-state index in [9.17, 15) is 9.90 Å². The molecule has 1 aliphatic heterocycles. The maximum atomic E-state index is 10.9. The lowest BCUT2D eigenvalue weighted by atomic mass is 10.1. The molecule has 0 aromatic heterocycles. The molecule has 1 aliphatic rings. The quantitative estimate of drug-likeness (QED) is 0.620. The molecule has 3 nitrogen and oxygen atoms in total. The molecule has 0 aliphatic carbocycles. The van der Waals surface area contributed by atoms with Crippen LogP contribution in [0, 0.1) is 0 Å². The summed E-state index contributed by atoms with van der Waals surface area (Å²) in [5.74, 6) is -1.46. The van der Waals surface area contributed by atoms with Gasteiger partial charge in [-0.25, -0.2) is 0 Å². The minimum atomic E-state index is -1.34. The van der Waals surface area contributed by atoms with Crippen LogP contribution in [0.15, 0.2) is 24.8 Å². The van der Waals surface area contributed by atoms with E-state index in [1.165, 1.54) is 12.2 Å². The molecular formula is C9H12O3. The number of ether oxygens (including phenoxy) is 1. The molecule has 12 heavy (non-hydrogen) atoms. The van der Waals surface area contributed by atoms with Crippen molar-refractivity contribution >= 4 is 5.78 Å². The van der Waals surface area contributed by atoms with Crippen LogP contribution >= 0.6 is 0 Å². The molecule has 66 valence electrons. The number of hydrogen-bond donors (Lipinski definition) is 1. The Morgan fingerprint density at radius 3 is 3.08 bits per heavy atom. The van der Waals surface area contributed by atoms with E-state index < -0.39 is 11.9 Å². The summed E-state index contributed by atoms with van der Waals surface area (Å²) in [5, 5.41) is 9.63. The average molecular weight is 168 g/mol. The van der Waals surface area contributed by atoms with Gasteiger partial charge in [0.2, 0.25) is 0 Å². The van der Waals surface area contributed by atoms with Crippen LogP contribution in [0.3, 0.4) is 0 Å². The zero-order chi connectivity index (χ0) is 9.19. The van der Waals surface area contributed by atoms with Crippen molar-refractivity contribution in [3.05, 3.63) is 24.8 Å². The highest BCUT2D eigenvalue weighted by atomic mass is 16.6. The Balaban J connectivity index is 2.77. The molecule has 0 saturated heterocycles. The van der Waals surface area contributed by atoms with Crippen LogP contribution in [-0.2, 0) is 9.53 Å². The van der Waals surface area contributed by atoms with Gasteiger partial charge in [0.15, 0.2) is 11.6 Å². The van der Waals surface area contributed by atoms with E-state index in [-0.39, 0.29) is 5.78 Å². The van der Waals surface area contributed by atoms with Crippen LogP contribution in [0.4, 0.5) is 0 Å². The van der Waals surface area contributed by atoms with Gasteiger partial charge in [-0.1, -0.05) is 6.08 Å². The molecular weight excluding hydrogens is 156 g/mol. The number of carbonyl (C=O) groups is 1. The standard InChI is InChI=1S/C9H12O3/c1-3-5-9(11)6-4-8(10)7(2)12-9/h3-4,6-7,11H,1,5H2,2H3/t7-,9?/m1/s1. The van der Waals surface area contributed by atoms with Crippen molar-refractivity contribution in [2.24, 2.45) is 0 Å². The summed E-state index contributed by atoms with van der Waals surface area (Å²) in [4.78, 5) is 10.9. The minimum absolute atomic E-state index is 0.122. The second-order valence-corrected chi connectivity index (χ2v) is 2.83. The zero-order valence-electron chi connectivity index (χ0n) is 6.99. The second-order valence-electron chi connectivity index (χ2n) is 2.83. The zero-order valence-corrected chi connectivity index (χ0v) is 6.99. The molecule has 0 aromatic carbocycles. The van der Waals surface area contributed by atoms with Gasteiger partial charge in [0.25, 0.3) is 0 Å². The van der Waals surface area contributed by atoms with E-state index in [1.807, 2.05) is 0 Å². The molecule has 1 heterocycles. The summed E-state index contributed by atoms with van der Waals surface area (Å²) >= 11 is 0. The second kappa shape index (κ2) is 3.21.